The smallest absolute Gasteiger partial charge is 0.127 e. The summed E-state index contributed by atoms with van der Waals surface area (Å²) in [4.78, 5) is 6.34. The molecule has 1 aliphatic heterocycles. The zero-order chi connectivity index (χ0) is 8.10. The molecule has 0 aliphatic carbocycles. The lowest BCUT2D eigenvalue weighted by atomic mass is 10.4. The summed E-state index contributed by atoms with van der Waals surface area (Å²) in [7, 11) is 0. The third kappa shape index (κ3) is 1.93. The van der Waals surface area contributed by atoms with Gasteiger partial charge in [-0.25, -0.2) is 4.99 Å². The fourth-order valence-electron chi connectivity index (χ4n) is 1.30. The monoisotopic (exact) mass is 150 g/mol. The topological polar surface area (TPSA) is 15.6 Å². The van der Waals surface area contributed by atoms with Crippen LogP contribution in [0.4, 0.5) is 0 Å². The molecule has 1 saturated heterocycles. The molecule has 0 unspecified atom stereocenters. The van der Waals surface area contributed by atoms with E-state index in [-0.39, 0.29) is 0 Å². The molecule has 0 saturated carbocycles. The molecule has 0 aromatic heterocycles. The van der Waals surface area contributed by atoms with Gasteiger partial charge in [-0.3, -0.25) is 0 Å². The van der Waals surface area contributed by atoms with E-state index in [9.17, 15) is 0 Å². The number of aliphatic imine (C=N–C) groups is 1. The van der Waals surface area contributed by atoms with E-state index in [0.29, 0.717) is 0 Å². The Bertz CT molecular complexity index is 176. The van der Waals surface area contributed by atoms with Crippen molar-refractivity contribution in [2.45, 2.75) is 12.8 Å². The number of likely N-dealkylation sites (tertiary alicyclic amines) is 1. The molecule has 2 heteroatoms. The minimum Gasteiger partial charge on any atom is -0.357 e. The van der Waals surface area contributed by atoms with Gasteiger partial charge >= 0.3 is 0 Å². The Morgan fingerprint density at radius 3 is 2.36 bits per heavy atom. The number of hydrogen-bond acceptors (Lipinski definition) is 1. The van der Waals surface area contributed by atoms with E-state index in [1.165, 1.54) is 12.8 Å². The molecule has 11 heavy (non-hydrogen) atoms. The maximum atomic E-state index is 4.11. The fraction of sp³-hybridized carbons (Fsp3) is 0.444. The van der Waals surface area contributed by atoms with Gasteiger partial charge in [0, 0.05) is 19.3 Å². The molecule has 0 aromatic rings. The van der Waals surface area contributed by atoms with Gasteiger partial charge in [-0.2, -0.15) is 0 Å². The third-order valence-electron chi connectivity index (χ3n) is 1.84. The van der Waals surface area contributed by atoms with Crippen LogP contribution in [0.5, 0.6) is 0 Å². The maximum absolute atomic E-state index is 4.11. The Balaban J connectivity index is 2.60. The predicted octanol–water partition coefficient (Wildman–Crippen LogP) is 1.81. The predicted molar refractivity (Wildman–Crippen MR) is 48.6 cm³/mol. The van der Waals surface area contributed by atoms with E-state index in [1.807, 2.05) is 0 Å². The van der Waals surface area contributed by atoms with Gasteiger partial charge < -0.3 is 4.90 Å². The summed E-state index contributed by atoms with van der Waals surface area (Å²) in [5.74, 6) is 0.956. The summed E-state index contributed by atoms with van der Waals surface area (Å²) in [6.07, 6.45) is 5.89. The first-order valence-corrected chi connectivity index (χ1v) is 3.94. The highest BCUT2D eigenvalue weighted by Crippen LogP contribution is 2.08. The van der Waals surface area contributed by atoms with E-state index in [4.69, 9.17) is 0 Å². The molecular formula is C9H14N2. The number of rotatable bonds is 2. The van der Waals surface area contributed by atoms with Crippen molar-refractivity contribution < 1.29 is 0 Å². The first kappa shape index (κ1) is 8.05. The molecule has 1 aliphatic rings. The maximum Gasteiger partial charge on any atom is 0.127 e. The van der Waals surface area contributed by atoms with Gasteiger partial charge in [0.15, 0.2) is 0 Å². The van der Waals surface area contributed by atoms with Crippen LogP contribution < -0.4 is 0 Å². The molecule has 1 fully saturated rings. The van der Waals surface area contributed by atoms with Crippen LogP contribution >= 0.6 is 0 Å². The molecule has 0 bridgehead atoms. The average molecular weight is 150 g/mol. The van der Waals surface area contributed by atoms with Crippen molar-refractivity contribution in [3.05, 3.63) is 25.4 Å². The molecule has 0 N–H and O–H groups in total. The van der Waals surface area contributed by atoms with Gasteiger partial charge in [0.1, 0.15) is 5.84 Å². The van der Waals surface area contributed by atoms with Crippen LogP contribution in [0, 0.1) is 0 Å². The van der Waals surface area contributed by atoms with E-state index in [2.05, 4.69) is 23.1 Å². The van der Waals surface area contributed by atoms with E-state index in [1.54, 1.807) is 12.3 Å². The lowest BCUT2D eigenvalue weighted by Gasteiger charge is -2.15. The minimum absolute atomic E-state index is 0.956. The quantitative estimate of drug-likeness (QED) is 0.433. The lowest BCUT2D eigenvalue weighted by Crippen LogP contribution is -2.25. The molecule has 2 nitrogen and oxygen atoms in total. The van der Waals surface area contributed by atoms with Crippen molar-refractivity contribution in [1.29, 1.82) is 0 Å². The first-order chi connectivity index (χ1) is 5.38. The molecule has 0 atom stereocenters. The van der Waals surface area contributed by atoms with Gasteiger partial charge in [0.05, 0.1) is 0 Å². The van der Waals surface area contributed by atoms with Crippen LogP contribution in [0.1, 0.15) is 12.8 Å². The zero-order valence-corrected chi connectivity index (χ0v) is 6.79. The summed E-state index contributed by atoms with van der Waals surface area (Å²) in [6, 6.07) is 0. The van der Waals surface area contributed by atoms with Crippen LogP contribution in [0.3, 0.4) is 0 Å². The molecule has 1 heterocycles. The van der Waals surface area contributed by atoms with Gasteiger partial charge in [-0.1, -0.05) is 13.2 Å². The molecule has 0 aromatic carbocycles. The summed E-state index contributed by atoms with van der Waals surface area (Å²) < 4.78 is 0. The summed E-state index contributed by atoms with van der Waals surface area (Å²) in [6.45, 7) is 9.48. The zero-order valence-electron chi connectivity index (χ0n) is 6.79. The molecule has 0 amide bonds. The van der Waals surface area contributed by atoms with E-state index in [0.717, 1.165) is 18.9 Å². The Kier molecular flexibility index (Phi) is 2.90. The van der Waals surface area contributed by atoms with E-state index >= 15 is 0 Å². The largest absolute Gasteiger partial charge is 0.357 e. The molecule has 0 radical (unpaired) electrons. The second-order valence-electron chi connectivity index (χ2n) is 2.57. The van der Waals surface area contributed by atoms with Crippen molar-refractivity contribution >= 4 is 5.84 Å². The third-order valence-corrected chi connectivity index (χ3v) is 1.84. The summed E-state index contributed by atoms with van der Waals surface area (Å²) >= 11 is 0. The van der Waals surface area contributed by atoms with Crippen LogP contribution in [0.15, 0.2) is 30.4 Å². The number of hydrogen-bond donors (Lipinski definition) is 0. The van der Waals surface area contributed by atoms with Crippen molar-refractivity contribution in [3.63, 3.8) is 0 Å². The van der Waals surface area contributed by atoms with Gasteiger partial charge in [-0.05, 0) is 18.9 Å². The Hall–Kier alpha value is -1.05. The fourth-order valence-corrected chi connectivity index (χ4v) is 1.30. The first-order valence-electron chi connectivity index (χ1n) is 3.94. The highest BCUT2D eigenvalue weighted by atomic mass is 15.2. The highest BCUT2D eigenvalue weighted by Gasteiger charge is 2.12. The number of amidine groups is 1. The molecule has 60 valence electrons. The van der Waals surface area contributed by atoms with Crippen molar-refractivity contribution in [1.82, 2.24) is 4.90 Å². The molecule has 1 rings (SSSR count). The number of nitrogens with zero attached hydrogens (tertiary/aromatic N) is 2. The van der Waals surface area contributed by atoms with Crippen LogP contribution in [0.2, 0.25) is 0 Å². The molecule has 0 spiro atoms. The lowest BCUT2D eigenvalue weighted by molar-refractivity contribution is 0.522. The Morgan fingerprint density at radius 1 is 1.27 bits per heavy atom. The van der Waals surface area contributed by atoms with Gasteiger partial charge in [0.2, 0.25) is 0 Å². The van der Waals surface area contributed by atoms with E-state index < -0.39 is 0 Å². The normalized spacial score (nSPS) is 18.5. The Labute approximate surface area is 67.9 Å². The van der Waals surface area contributed by atoms with Crippen LogP contribution in [0.25, 0.3) is 0 Å². The second kappa shape index (κ2) is 3.96. The van der Waals surface area contributed by atoms with Crippen molar-refractivity contribution in [3.8, 4) is 0 Å². The summed E-state index contributed by atoms with van der Waals surface area (Å²) in [5, 5.41) is 0. The second-order valence-corrected chi connectivity index (χ2v) is 2.57. The van der Waals surface area contributed by atoms with Crippen molar-refractivity contribution in [2.75, 3.05) is 13.1 Å². The van der Waals surface area contributed by atoms with Crippen LogP contribution in [-0.4, -0.2) is 23.8 Å². The van der Waals surface area contributed by atoms with Gasteiger partial charge in [-0.15, -0.1) is 0 Å². The van der Waals surface area contributed by atoms with Crippen molar-refractivity contribution in [2.24, 2.45) is 4.99 Å². The minimum atomic E-state index is 0.956. The standard InChI is InChI=1S/C9H14N2/c1-3-9(10-4-2)11-7-5-6-8-11/h3-4H,1-2,5-8H2/b10-9+. The SMILES string of the molecule is C=C/N=C(\C=C)N1CCCC1. The Morgan fingerprint density at radius 2 is 1.91 bits per heavy atom. The van der Waals surface area contributed by atoms with Gasteiger partial charge in [0.25, 0.3) is 0 Å². The average Bonchev–Trinajstić information content (AvgIpc) is 2.52. The molecular weight excluding hydrogens is 136 g/mol. The highest BCUT2D eigenvalue weighted by molar-refractivity contribution is 5.93. The van der Waals surface area contributed by atoms with Crippen LogP contribution in [-0.2, 0) is 0 Å². The summed E-state index contributed by atoms with van der Waals surface area (Å²) in [5.41, 5.74) is 0.